The number of nitrogen functional groups attached to an aromatic ring is 1. The zero-order valence-corrected chi connectivity index (χ0v) is 16.9. The molecule has 0 unspecified atom stereocenters. The number of methoxy groups -OCH3 is 1. The molecule has 2 heterocycles. The van der Waals surface area contributed by atoms with E-state index in [0.717, 1.165) is 35.7 Å². The second-order valence-electron chi connectivity index (χ2n) is 6.60. The standard InChI is InChI=1S/C20H26N6O2/c1-6-25(7-2)20-23-10-13-15(18(22)27)17(21)26(19(13)24-20)16-11(3)8-9-14(28-5)12(16)4/h8-10H,6-7,21H2,1-5H3,(H2,22,27). The fourth-order valence-corrected chi connectivity index (χ4v) is 3.60. The van der Waals surface area contributed by atoms with Gasteiger partial charge in [0.1, 0.15) is 11.6 Å². The molecular weight excluding hydrogens is 356 g/mol. The second kappa shape index (κ2) is 7.38. The molecule has 0 aliphatic carbocycles. The summed E-state index contributed by atoms with van der Waals surface area (Å²) in [5.41, 5.74) is 15.5. The lowest BCUT2D eigenvalue weighted by molar-refractivity contribution is 0.100. The number of fused-ring (bicyclic) bond motifs is 1. The van der Waals surface area contributed by atoms with E-state index in [1.54, 1.807) is 17.9 Å². The molecule has 0 saturated carbocycles. The average Bonchev–Trinajstić information content (AvgIpc) is 2.95. The van der Waals surface area contributed by atoms with Gasteiger partial charge in [-0.25, -0.2) is 4.98 Å². The van der Waals surface area contributed by atoms with Gasteiger partial charge in [-0.1, -0.05) is 6.07 Å². The Bertz CT molecular complexity index is 1050. The van der Waals surface area contributed by atoms with Crippen LogP contribution in [0, 0.1) is 13.8 Å². The molecule has 1 amide bonds. The van der Waals surface area contributed by atoms with E-state index < -0.39 is 5.91 Å². The number of ether oxygens (including phenoxy) is 1. The van der Waals surface area contributed by atoms with Crippen molar-refractivity contribution in [3.8, 4) is 11.4 Å². The lowest BCUT2D eigenvalue weighted by atomic mass is 10.1. The van der Waals surface area contributed by atoms with Crippen LogP contribution < -0.4 is 21.1 Å². The number of primary amides is 1. The van der Waals surface area contributed by atoms with Crippen molar-refractivity contribution in [2.24, 2.45) is 5.73 Å². The number of carbonyl (C=O) groups is 1. The van der Waals surface area contributed by atoms with Crippen LogP contribution in [0.2, 0.25) is 0 Å². The Hall–Kier alpha value is -3.29. The van der Waals surface area contributed by atoms with Gasteiger partial charge in [-0.05, 0) is 39.3 Å². The Morgan fingerprint density at radius 3 is 2.50 bits per heavy atom. The van der Waals surface area contributed by atoms with Gasteiger partial charge in [0.2, 0.25) is 5.95 Å². The maximum absolute atomic E-state index is 12.1. The van der Waals surface area contributed by atoms with E-state index in [1.165, 1.54) is 0 Å². The van der Waals surface area contributed by atoms with Crippen LogP contribution in [0.4, 0.5) is 11.8 Å². The number of nitrogens with two attached hydrogens (primary N) is 2. The Kier molecular flexibility index (Phi) is 5.13. The van der Waals surface area contributed by atoms with E-state index in [9.17, 15) is 4.79 Å². The minimum Gasteiger partial charge on any atom is -0.496 e. The van der Waals surface area contributed by atoms with Crippen LogP contribution in [0.1, 0.15) is 35.3 Å². The van der Waals surface area contributed by atoms with Crippen LogP contribution in [0.3, 0.4) is 0 Å². The molecule has 3 rings (SSSR count). The highest BCUT2D eigenvalue weighted by molar-refractivity contribution is 6.10. The molecule has 1 aromatic carbocycles. The van der Waals surface area contributed by atoms with Gasteiger partial charge in [0, 0.05) is 24.8 Å². The van der Waals surface area contributed by atoms with Crippen molar-refractivity contribution in [2.75, 3.05) is 30.8 Å². The number of anilines is 2. The molecule has 0 bridgehead atoms. The van der Waals surface area contributed by atoms with Crippen LogP contribution in [-0.2, 0) is 0 Å². The highest BCUT2D eigenvalue weighted by Gasteiger charge is 2.25. The third-order valence-corrected chi connectivity index (χ3v) is 5.05. The largest absolute Gasteiger partial charge is 0.496 e. The summed E-state index contributed by atoms with van der Waals surface area (Å²) in [6.07, 6.45) is 1.62. The summed E-state index contributed by atoms with van der Waals surface area (Å²) in [5.74, 6) is 0.928. The van der Waals surface area contributed by atoms with E-state index in [4.69, 9.17) is 21.2 Å². The first-order valence-corrected chi connectivity index (χ1v) is 9.21. The number of aromatic nitrogens is 3. The number of aryl methyl sites for hydroxylation is 1. The summed E-state index contributed by atoms with van der Waals surface area (Å²) in [5, 5.41) is 0.530. The number of carbonyl (C=O) groups excluding carboxylic acids is 1. The Morgan fingerprint density at radius 1 is 1.25 bits per heavy atom. The van der Waals surface area contributed by atoms with Gasteiger partial charge in [-0.2, -0.15) is 4.98 Å². The lowest BCUT2D eigenvalue weighted by Gasteiger charge is -2.19. The normalized spacial score (nSPS) is 11.0. The third kappa shape index (κ3) is 2.90. The first kappa shape index (κ1) is 19.5. The van der Waals surface area contributed by atoms with Crippen molar-refractivity contribution in [1.29, 1.82) is 0 Å². The lowest BCUT2D eigenvalue weighted by Crippen LogP contribution is -2.24. The summed E-state index contributed by atoms with van der Waals surface area (Å²) in [6, 6.07) is 3.85. The fraction of sp³-hybridized carbons (Fsp3) is 0.350. The topological polar surface area (TPSA) is 112 Å². The summed E-state index contributed by atoms with van der Waals surface area (Å²) >= 11 is 0. The zero-order chi connectivity index (χ0) is 20.6. The van der Waals surface area contributed by atoms with E-state index >= 15 is 0 Å². The first-order chi connectivity index (χ1) is 13.3. The maximum Gasteiger partial charge on any atom is 0.253 e. The first-order valence-electron chi connectivity index (χ1n) is 9.21. The molecule has 0 aliphatic heterocycles. The van der Waals surface area contributed by atoms with E-state index in [1.807, 2.05) is 44.7 Å². The van der Waals surface area contributed by atoms with Gasteiger partial charge in [0.15, 0.2) is 5.65 Å². The molecule has 2 aromatic heterocycles. The van der Waals surface area contributed by atoms with Gasteiger partial charge in [-0.15, -0.1) is 0 Å². The smallest absolute Gasteiger partial charge is 0.253 e. The number of hydrogen-bond donors (Lipinski definition) is 2. The van der Waals surface area contributed by atoms with Gasteiger partial charge in [-0.3, -0.25) is 9.36 Å². The van der Waals surface area contributed by atoms with Crippen LogP contribution in [0.15, 0.2) is 18.3 Å². The summed E-state index contributed by atoms with van der Waals surface area (Å²) in [6.45, 7) is 9.52. The van der Waals surface area contributed by atoms with Crippen LogP contribution in [-0.4, -0.2) is 40.6 Å². The Labute approximate surface area is 164 Å². The Balaban J connectivity index is 2.44. The van der Waals surface area contributed by atoms with E-state index in [0.29, 0.717) is 17.0 Å². The number of hydrogen-bond acceptors (Lipinski definition) is 6. The molecule has 0 spiro atoms. The highest BCUT2D eigenvalue weighted by Crippen LogP contribution is 2.36. The number of nitrogens with zero attached hydrogens (tertiary/aromatic N) is 4. The molecule has 0 atom stereocenters. The second-order valence-corrected chi connectivity index (χ2v) is 6.60. The summed E-state index contributed by atoms with van der Waals surface area (Å²) in [4.78, 5) is 23.3. The number of benzene rings is 1. The van der Waals surface area contributed by atoms with Crippen LogP contribution in [0.25, 0.3) is 16.7 Å². The van der Waals surface area contributed by atoms with E-state index in [-0.39, 0.29) is 11.4 Å². The fourth-order valence-electron chi connectivity index (χ4n) is 3.60. The molecule has 148 valence electrons. The molecular formula is C20H26N6O2. The van der Waals surface area contributed by atoms with Crippen molar-refractivity contribution < 1.29 is 9.53 Å². The van der Waals surface area contributed by atoms with Gasteiger partial charge in [0.25, 0.3) is 5.91 Å². The van der Waals surface area contributed by atoms with Crippen molar-refractivity contribution in [3.63, 3.8) is 0 Å². The van der Waals surface area contributed by atoms with Gasteiger partial charge < -0.3 is 21.1 Å². The SMILES string of the molecule is CCN(CC)c1ncc2c(C(N)=O)c(N)n(-c3c(C)ccc(OC)c3C)c2n1. The molecule has 0 radical (unpaired) electrons. The van der Waals surface area contributed by atoms with Crippen molar-refractivity contribution in [1.82, 2.24) is 14.5 Å². The molecule has 8 nitrogen and oxygen atoms in total. The average molecular weight is 382 g/mol. The quantitative estimate of drug-likeness (QED) is 0.677. The van der Waals surface area contributed by atoms with Crippen molar-refractivity contribution in [2.45, 2.75) is 27.7 Å². The minimum atomic E-state index is -0.612. The molecule has 0 saturated heterocycles. The van der Waals surface area contributed by atoms with Gasteiger partial charge in [0.05, 0.1) is 23.7 Å². The van der Waals surface area contributed by atoms with Crippen LogP contribution in [0.5, 0.6) is 5.75 Å². The van der Waals surface area contributed by atoms with Crippen LogP contribution >= 0.6 is 0 Å². The summed E-state index contributed by atoms with van der Waals surface area (Å²) < 4.78 is 7.25. The highest BCUT2D eigenvalue weighted by atomic mass is 16.5. The monoisotopic (exact) mass is 382 g/mol. The predicted molar refractivity (Wildman–Crippen MR) is 111 cm³/mol. The zero-order valence-electron chi connectivity index (χ0n) is 16.9. The maximum atomic E-state index is 12.1. The van der Waals surface area contributed by atoms with Gasteiger partial charge >= 0.3 is 0 Å². The molecule has 0 fully saturated rings. The predicted octanol–water partition coefficient (Wildman–Crippen LogP) is 2.57. The minimum absolute atomic E-state index is 0.225. The molecule has 28 heavy (non-hydrogen) atoms. The molecule has 4 N–H and O–H groups in total. The number of amides is 1. The third-order valence-electron chi connectivity index (χ3n) is 5.05. The summed E-state index contributed by atoms with van der Waals surface area (Å²) in [7, 11) is 1.62. The number of rotatable bonds is 6. The molecule has 8 heteroatoms. The van der Waals surface area contributed by atoms with Crippen molar-refractivity contribution in [3.05, 3.63) is 35.0 Å². The molecule has 3 aromatic rings. The molecule has 0 aliphatic rings. The van der Waals surface area contributed by atoms with E-state index in [2.05, 4.69) is 4.98 Å². The Morgan fingerprint density at radius 2 is 1.93 bits per heavy atom. The van der Waals surface area contributed by atoms with Crippen molar-refractivity contribution >= 4 is 28.7 Å².